The van der Waals surface area contributed by atoms with Gasteiger partial charge in [-0.1, -0.05) is 59.1 Å². The molecule has 0 bridgehead atoms. The second kappa shape index (κ2) is 22.3. The Morgan fingerprint density at radius 3 is 1.58 bits per heavy atom. The van der Waals surface area contributed by atoms with E-state index in [1.165, 1.54) is 24.2 Å². The molecule has 38 heavy (non-hydrogen) atoms. The van der Waals surface area contributed by atoms with Crippen LogP contribution in [0.4, 0.5) is 0 Å². The summed E-state index contributed by atoms with van der Waals surface area (Å²) in [6, 6.07) is 16.1. The molecular formula is C27H38AlCl3LiN3O3. The van der Waals surface area contributed by atoms with Gasteiger partial charge in [0.05, 0.1) is 5.56 Å². The first-order valence-corrected chi connectivity index (χ1v) is 12.1. The van der Waals surface area contributed by atoms with Crippen LogP contribution in [0.25, 0.3) is 0 Å². The molecule has 0 aliphatic heterocycles. The van der Waals surface area contributed by atoms with E-state index in [1.807, 2.05) is 33.0 Å². The number of hydrogen-bond acceptors (Lipinski definition) is 4. The largest absolute Gasteiger partial charge is 1.00 e. The van der Waals surface area contributed by atoms with Crippen molar-refractivity contribution in [2.24, 2.45) is 5.73 Å². The van der Waals surface area contributed by atoms with E-state index in [9.17, 15) is 9.59 Å². The van der Waals surface area contributed by atoms with Gasteiger partial charge in [0.1, 0.15) is 0 Å². The fourth-order valence-corrected chi connectivity index (χ4v) is 3.40. The van der Waals surface area contributed by atoms with E-state index in [0.717, 1.165) is 17.1 Å². The van der Waals surface area contributed by atoms with Crippen molar-refractivity contribution in [3.05, 3.63) is 103 Å². The number of nitrogens with two attached hydrogens (primary N) is 1. The first-order chi connectivity index (χ1) is 17.0. The number of carboxylic acids is 1. The van der Waals surface area contributed by atoms with Crippen molar-refractivity contribution in [2.45, 2.75) is 27.3 Å². The Kier molecular flexibility index (Phi) is 24.1. The maximum Gasteiger partial charge on any atom is 1.00 e. The minimum atomic E-state index is -0.940. The number of carboxylic acid groups (broad SMARTS) is 1. The van der Waals surface area contributed by atoms with Crippen LogP contribution in [-0.2, 0) is 6.54 Å². The molecule has 0 heterocycles. The van der Waals surface area contributed by atoms with Crippen LogP contribution in [0.2, 0.25) is 15.1 Å². The van der Waals surface area contributed by atoms with Crippen molar-refractivity contribution >= 4 is 64.0 Å². The first kappa shape index (κ1) is 41.0. The van der Waals surface area contributed by atoms with E-state index in [2.05, 4.69) is 22.4 Å². The van der Waals surface area contributed by atoms with E-state index in [-0.39, 0.29) is 49.1 Å². The molecule has 204 valence electrons. The summed E-state index contributed by atoms with van der Waals surface area (Å²) >= 11 is 17.5. The SMILES string of the molecule is CN.CNC(=O)c1cccc(Cl)c1C.CNCc1cccc(Cl)c1C.Cc1c(Cl)cccc1C(=O)O.[AlH3].[H-].[Li+]. The molecule has 0 saturated heterocycles. The average Bonchev–Trinajstić information content (AvgIpc) is 2.87. The van der Waals surface area contributed by atoms with Crippen LogP contribution in [0, 0.1) is 20.8 Å². The molecule has 0 radical (unpaired) electrons. The van der Waals surface area contributed by atoms with Gasteiger partial charge in [-0.05, 0) is 87.5 Å². The second-order valence-corrected chi connectivity index (χ2v) is 8.48. The third-order valence-corrected chi connectivity index (χ3v) is 6.21. The number of hydrogen-bond donors (Lipinski definition) is 4. The van der Waals surface area contributed by atoms with Gasteiger partial charge in [0.15, 0.2) is 17.4 Å². The summed E-state index contributed by atoms with van der Waals surface area (Å²) in [7, 11) is 5.03. The molecule has 3 aromatic rings. The number of benzene rings is 3. The van der Waals surface area contributed by atoms with Crippen LogP contribution >= 0.6 is 34.8 Å². The Morgan fingerprint density at radius 2 is 1.18 bits per heavy atom. The third-order valence-electron chi connectivity index (χ3n) is 4.98. The topological polar surface area (TPSA) is 104 Å². The maximum atomic E-state index is 11.2. The third kappa shape index (κ3) is 13.5. The van der Waals surface area contributed by atoms with Gasteiger partial charge in [-0.3, -0.25) is 4.79 Å². The Hall–Kier alpha value is -1.48. The van der Waals surface area contributed by atoms with Gasteiger partial charge in [0.25, 0.3) is 5.91 Å². The molecule has 11 heteroatoms. The summed E-state index contributed by atoms with van der Waals surface area (Å²) < 4.78 is 0. The fourth-order valence-electron chi connectivity index (χ4n) is 2.86. The first-order valence-electron chi connectivity index (χ1n) is 11.0. The summed E-state index contributed by atoms with van der Waals surface area (Å²) in [6.45, 7) is 6.43. The molecule has 1 amide bonds. The Labute approximate surface area is 265 Å². The van der Waals surface area contributed by atoms with Crippen LogP contribution < -0.4 is 35.2 Å². The van der Waals surface area contributed by atoms with E-state index < -0.39 is 5.97 Å². The molecule has 0 fully saturated rings. The smallest absolute Gasteiger partial charge is 1.00 e. The van der Waals surface area contributed by atoms with E-state index in [1.54, 1.807) is 44.3 Å². The maximum absolute atomic E-state index is 11.2. The summed E-state index contributed by atoms with van der Waals surface area (Å²) in [5, 5.41) is 16.2. The predicted molar refractivity (Wildman–Crippen MR) is 163 cm³/mol. The molecule has 0 aliphatic carbocycles. The summed E-state index contributed by atoms with van der Waals surface area (Å²) in [5.41, 5.74) is 9.26. The molecule has 3 aromatic carbocycles. The monoisotopic (exact) mass is 591 g/mol. The minimum Gasteiger partial charge on any atom is -1.00 e. The zero-order valence-electron chi connectivity index (χ0n) is 23.4. The van der Waals surface area contributed by atoms with Gasteiger partial charge in [-0.2, -0.15) is 0 Å². The van der Waals surface area contributed by atoms with Crippen LogP contribution in [0.3, 0.4) is 0 Å². The predicted octanol–water partition coefficient (Wildman–Crippen LogP) is 2.23. The molecule has 6 nitrogen and oxygen atoms in total. The number of aromatic carboxylic acids is 1. The second-order valence-electron chi connectivity index (χ2n) is 7.26. The minimum absolute atomic E-state index is 0. The van der Waals surface area contributed by atoms with Gasteiger partial charge >= 0.3 is 24.8 Å². The molecule has 0 aromatic heterocycles. The number of nitrogens with one attached hydrogen (secondary N) is 2. The van der Waals surface area contributed by atoms with Gasteiger partial charge < -0.3 is 22.9 Å². The van der Waals surface area contributed by atoms with Crippen LogP contribution in [-0.4, -0.2) is 55.5 Å². The van der Waals surface area contributed by atoms with Gasteiger partial charge in [-0.15, -0.1) is 0 Å². The van der Waals surface area contributed by atoms with Crippen molar-refractivity contribution < 1.29 is 35.0 Å². The molecule has 0 spiro atoms. The normalized spacial score (nSPS) is 8.89. The van der Waals surface area contributed by atoms with Crippen molar-refractivity contribution in [1.29, 1.82) is 0 Å². The van der Waals surface area contributed by atoms with Gasteiger partial charge in [0, 0.05) is 34.2 Å². The van der Waals surface area contributed by atoms with E-state index in [4.69, 9.17) is 39.9 Å². The quantitative estimate of drug-likeness (QED) is 0.348. The van der Waals surface area contributed by atoms with Crippen LogP contribution in [0.15, 0.2) is 54.6 Å². The molecule has 0 saturated carbocycles. The van der Waals surface area contributed by atoms with Crippen molar-refractivity contribution in [3.8, 4) is 0 Å². The van der Waals surface area contributed by atoms with Gasteiger partial charge in [-0.25, -0.2) is 4.79 Å². The summed E-state index contributed by atoms with van der Waals surface area (Å²) in [6.07, 6.45) is 0. The molecule has 0 atom stereocenters. The molecule has 5 N–H and O–H groups in total. The average molecular weight is 593 g/mol. The number of halogens is 3. The molecule has 0 aliphatic rings. The number of rotatable bonds is 4. The zero-order chi connectivity index (χ0) is 27.8. The number of amides is 1. The van der Waals surface area contributed by atoms with Crippen molar-refractivity contribution in [3.63, 3.8) is 0 Å². The van der Waals surface area contributed by atoms with Crippen LogP contribution in [0.5, 0.6) is 0 Å². The van der Waals surface area contributed by atoms with Crippen LogP contribution in [0.1, 0.15) is 44.4 Å². The Balaban J connectivity index is -0.000000220. The summed E-state index contributed by atoms with van der Waals surface area (Å²) in [4.78, 5) is 21.7. The van der Waals surface area contributed by atoms with E-state index in [0.29, 0.717) is 21.2 Å². The molecule has 0 unspecified atom stereocenters. The fraction of sp³-hybridized carbons (Fsp3) is 0.259. The summed E-state index contributed by atoms with van der Waals surface area (Å²) in [5.74, 6) is -1.04. The molecule has 3 rings (SSSR count). The van der Waals surface area contributed by atoms with Crippen molar-refractivity contribution in [2.75, 3.05) is 21.1 Å². The number of carbonyl (C=O) groups excluding carboxylic acids is 1. The van der Waals surface area contributed by atoms with Gasteiger partial charge in [0.2, 0.25) is 0 Å². The van der Waals surface area contributed by atoms with E-state index >= 15 is 0 Å². The zero-order valence-corrected chi connectivity index (χ0v) is 24.6. The Bertz CT molecular complexity index is 1160. The Morgan fingerprint density at radius 1 is 0.789 bits per heavy atom. The molecular weight excluding hydrogens is 555 g/mol. The standard InChI is InChI=1S/C9H10ClNO.C9H12ClN.C8H7ClO2.CH5N.Al.Li.4H/c1-6-7(9(12)11-2)4-3-5-8(6)10;1-7-8(6-11-2)4-3-5-9(7)10;1-5-6(8(10)11)3-2-4-7(5)9;1-2;;;;;;/h3-5H,1-2H3,(H,11,12);3-5,11H,6H2,1-2H3;2-4H,1H3,(H,10,11);2H2,1H3;;;;;;/q;;;;;+1;;;;-1. The number of carbonyl (C=O) groups is 2. The van der Waals surface area contributed by atoms with Crippen molar-refractivity contribution in [1.82, 2.24) is 10.6 Å².